The van der Waals surface area contributed by atoms with Gasteiger partial charge in [0.15, 0.2) is 0 Å². The minimum absolute atomic E-state index is 0.198. The summed E-state index contributed by atoms with van der Waals surface area (Å²) in [6.45, 7) is 21.5. The highest BCUT2D eigenvalue weighted by atomic mass is 16.3. The molecule has 1 aromatic heterocycles. The first-order valence-corrected chi connectivity index (χ1v) is 33.4. The number of aryl methyl sites for hydroxylation is 1. The van der Waals surface area contributed by atoms with Gasteiger partial charge in [0.2, 0.25) is 0 Å². The quantitative estimate of drug-likeness (QED) is 0.162. The maximum absolute atomic E-state index is 6.96. The summed E-state index contributed by atoms with van der Waals surface area (Å²) in [5.74, 6) is 0. The first kappa shape index (κ1) is 54.4. The Morgan fingerprint density at radius 2 is 0.570 bits per heavy atom. The molecule has 0 saturated carbocycles. The lowest BCUT2D eigenvalue weighted by molar-refractivity contribution is 0.660. The Bertz CT molecular complexity index is 5140. The van der Waals surface area contributed by atoms with Crippen molar-refractivity contribution in [2.24, 2.45) is 0 Å². The Hall–Kier alpha value is -10.3. The molecule has 0 amide bonds. The van der Waals surface area contributed by atoms with Gasteiger partial charge in [-0.15, -0.1) is 0 Å². The molecule has 93 heavy (non-hydrogen) atoms. The van der Waals surface area contributed by atoms with E-state index in [1.54, 1.807) is 0 Å². The van der Waals surface area contributed by atoms with Gasteiger partial charge in [0, 0.05) is 32.4 Å². The second-order valence-corrected chi connectivity index (χ2v) is 29.5. The zero-order valence-electron chi connectivity index (χ0n) is 54.2. The van der Waals surface area contributed by atoms with Crippen LogP contribution in [-0.2, 0) is 27.1 Å². The Morgan fingerprint density at radius 3 is 0.968 bits per heavy atom. The summed E-state index contributed by atoms with van der Waals surface area (Å²) in [7, 11) is 0. The number of hydrogen-bond acceptors (Lipinski definition) is 1. The average molecular weight is 1190 g/mol. The number of rotatable bonds is 6. The first-order valence-electron chi connectivity index (χ1n) is 33.4. The lowest BCUT2D eigenvalue weighted by Gasteiger charge is -2.36. The van der Waals surface area contributed by atoms with E-state index in [1.807, 2.05) is 0 Å². The third kappa shape index (κ3) is 7.07. The Morgan fingerprint density at radius 1 is 0.237 bits per heavy atom. The van der Waals surface area contributed by atoms with Gasteiger partial charge in [-0.2, -0.15) is 0 Å². The summed E-state index contributed by atoms with van der Waals surface area (Å²) in [5, 5.41) is 2.28. The molecule has 0 atom stereocenters. The summed E-state index contributed by atoms with van der Waals surface area (Å²) in [4.78, 5) is 0. The largest absolute Gasteiger partial charge is 0.456 e. The van der Waals surface area contributed by atoms with Gasteiger partial charge in [0.1, 0.15) is 11.2 Å². The van der Waals surface area contributed by atoms with Gasteiger partial charge in [-0.05, 0) is 222 Å². The standard InChI is InChI=1S/C92H70O/c1-53-42-43-74-69(46-53)86-79(44-45-81-87(86)68-28-14-19-41-80(68)93-81)92(74,58-49-54(60-29-20-37-75-82(60)64-24-10-15-33-70(64)88(75,2)3)47-55(50-58)61-30-21-38-76-83(61)65-25-11-16-34-71(65)89(76,4)5)59-51-56(62-31-22-39-77-84(62)66-26-12-17-35-72(66)90(77,6)7)48-57(52-59)63-32-23-40-78-85(63)67-27-13-18-36-73(67)91(78,8)9/h10-52H,1-9H3. The van der Waals surface area contributed by atoms with E-state index in [0.29, 0.717) is 0 Å². The van der Waals surface area contributed by atoms with Gasteiger partial charge < -0.3 is 4.42 Å². The monoisotopic (exact) mass is 1190 g/mol. The van der Waals surface area contributed by atoms with Crippen LogP contribution < -0.4 is 0 Å². The molecule has 1 nitrogen and oxygen atoms in total. The van der Waals surface area contributed by atoms with E-state index in [2.05, 4.69) is 323 Å². The number of benzene rings is 13. The van der Waals surface area contributed by atoms with Crippen LogP contribution in [0, 0.1) is 6.92 Å². The minimum atomic E-state index is -0.922. The zero-order valence-corrected chi connectivity index (χ0v) is 54.2. The van der Waals surface area contributed by atoms with Crippen molar-refractivity contribution in [2.45, 2.75) is 89.4 Å². The SMILES string of the molecule is Cc1ccc2c(c1)-c1c(ccc3oc4ccccc4c13)C2(c1cc(-c2cccc3c2-c2ccccc2C3(C)C)cc(-c2cccc3c2-c2ccccc2C3(C)C)c1)c1cc(-c2cccc3c2-c2ccccc2C3(C)C)cc(-c2cccc3c2-c2ccccc2C3(C)C)c1. The van der Waals surface area contributed by atoms with Crippen LogP contribution in [0.2, 0.25) is 0 Å². The van der Waals surface area contributed by atoms with E-state index in [0.717, 1.165) is 21.9 Å². The van der Waals surface area contributed by atoms with Crippen molar-refractivity contribution < 1.29 is 4.42 Å². The second kappa shape index (κ2) is 18.7. The summed E-state index contributed by atoms with van der Waals surface area (Å²) in [6.07, 6.45) is 0. The van der Waals surface area contributed by atoms with Crippen LogP contribution in [0.15, 0.2) is 265 Å². The van der Waals surface area contributed by atoms with Gasteiger partial charge in [-0.1, -0.05) is 273 Å². The van der Waals surface area contributed by atoms with Gasteiger partial charge >= 0.3 is 0 Å². The predicted octanol–water partition coefficient (Wildman–Crippen LogP) is 24.2. The fourth-order valence-corrected chi connectivity index (χ4v) is 18.8. The molecular formula is C92H70O. The normalized spacial score (nSPS) is 16.0. The van der Waals surface area contributed by atoms with Crippen molar-refractivity contribution in [3.05, 3.63) is 333 Å². The molecule has 0 bridgehead atoms. The number of hydrogen-bond donors (Lipinski definition) is 0. The third-order valence-corrected chi connectivity index (χ3v) is 23.2. The van der Waals surface area contributed by atoms with E-state index in [4.69, 9.17) is 4.42 Å². The molecule has 0 spiro atoms. The molecular weight excluding hydrogens is 1120 g/mol. The van der Waals surface area contributed by atoms with Crippen molar-refractivity contribution in [1.82, 2.24) is 0 Å². The topological polar surface area (TPSA) is 13.1 Å². The summed E-state index contributed by atoms with van der Waals surface area (Å²) in [5.41, 5.74) is 39.9. The van der Waals surface area contributed by atoms with Crippen LogP contribution >= 0.6 is 0 Å². The Labute approximate surface area is 545 Å². The van der Waals surface area contributed by atoms with Crippen LogP contribution in [0.3, 0.4) is 0 Å². The van der Waals surface area contributed by atoms with Crippen LogP contribution in [0.5, 0.6) is 0 Å². The highest BCUT2D eigenvalue weighted by Gasteiger charge is 2.50. The van der Waals surface area contributed by atoms with Crippen molar-refractivity contribution in [1.29, 1.82) is 0 Å². The van der Waals surface area contributed by atoms with Crippen LogP contribution in [0.1, 0.15) is 128 Å². The highest BCUT2D eigenvalue weighted by Crippen LogP contribution is 2.64. The molecule has 0 fully saturated rings. The highest BCUT2D eigenvalue weighted by molar-refractivity contribution is 6.16. The first-order chi connectivity index (χ1) is 45.1. The fraction of sp³-hybridized carbons (Fsp3) is 0.152. The molecule has 0 N–H and O–H groups in total. The lowest BCUT2D eigenvalue weighted by Crippen LogP contribution is -2.29. The van der Waals surface area contributed by atoms with Crippen molar-refractivity contribution in [3.8, 4) is 100 Å². The summed E-state index contributed by atoms with van der Waals surface area (Å²) < 4.78 is 6.96. The molecule has 0 unspecified atom stereocenters. The van der Waals surface area contributed by atoms with Gasteiger partial charge in [-0.3, -0.25) is 0 Å². The summed E-state index contributed by atoms with van der Waals surface area (Å²) >= 11 is 0. The lowest BCUT2D eigenvalue weighted by atomic mass is 9.65. The zero-order chi connectivity index (χ0) is 62.8. The molecule has 5 aliphatic rings. The van der Waals surface area contributed by atoms with Crippen molar-refractivity contribution >= 4 is 21.9 Å². The maximum atomic E-state index is 6.96. The van der Waals surface area contributed by atoms with Crippen LogP contribution in [0.25, 0.3) is 122 Å². The molecule has 0 aliphatic heterocycles. The fourth-order valence-electron chi connectivity index (χ4n) is 18.8. The Balaban J connectivity index is 1.00. The third-order valence-electron chi connectivity index (χ3n) is 23.2. The molecule has 13 aromatic carbocycles. The van der Waals surface area contributed by atoms with E-state index < -0.39 is 5.41 Å². The summed E-state index contributed by atoms with van der Waals surface area (Å²) in [6, 6.07) is 101. The average Bonchev–Trinajstić information content (AvgIpc) is 1.54. The molecule has 19 rings (SSSR count). The van der Waals surface area contributed by atoms with E-state index >= 15 is 0 Å². The number of furan rings is 1. The molecule has 5 aliphatic carbocycles. The van der Waals surface area contributed by atoms with Gasteiger partial charge in [-0.25, -0.2) is 0 Å². The molecule has 1 heterocycles. The Kier molecular flexibility index (Phi) is 10.9. The maximum Gasteiger partial charge on any atom is 0.136 e. The molecule has 14 aromatic rings. The minimum Gasteiger partial charge on any atom is -0.456 e. The molecule has 444 valence electrons. The number of para-hydroxylation sites is 1. The number of fused-ring (bicyclic) bond motifs is 19. The van der Waals surface area contributed by atoms with Crippen molar-refractivity contribution in [2.75, 3.05) is 0 Å². The molecule has 0 saturated heterocycles. The van der Waals surface area contributed by atoms with Gasteiger partial charge in [0.25, 0.3) is 0 Å². The van der Waals surface area contributed by atoms with Crippen LogP contribution in [0.4, 0.5) is 0 Å². The predicted molar refractivity (Wildman–Crippen MR) is 388 cm³/mol. The van der Waals surface area contributed by atoms with Crippen molar-refractivity contribution in [3.63, 3.8) is 0 Å². The van der Waals surface area contributed by atoms with Crippen LogP contribution in [-0.4, -0.2) is 0 Å². The van der Waals surface area contributed by atoms with E-state index in [-0.39, 0.29) is 21.7 Å². The second-order valence-electron chi connectivity index (χ2n) is 29.5. The molecule has 1 heteroatoms. The van der Waals surface area contributed by atoms with E-state index in [1.165, 1.54) is 172 Å². The molecule has 0 radical (unpaired) electrons. The smallest absolute Gasteiger partial charge is 0.136 e. The van der Waals surface area contributed by atoms with E-state index in [9.17, 15) is 0 Å². The van der Waals surface area contributed by atoms with Gasteiger partial charge in [0.05, 0.1) is 5.41 Å².